The first-order valence-corrected chi connectivity index (χ1v) is 8.01. The molecule has 0 aliphatic heterocycles. The third-order valence-electron chi connectivity index (χ3n) is 4.08. The molecule has 0 saturated carbocycles. The number of aryl methyl sites for hydroxylation is 2. The van der Waals surface area contributed by atoms with E-state index < -0.39 is 0 Å². The average Bonchev–Trinajstić information content (AvgIpc) is 3.27. The number of aromatic nitrogens is 4. The zero-order valence-electron chi connectivity index (χ0n) is 14.0. The van der Waals surface area contributed by atoms with E-state index in [9.17, 15) is 0 Å². The number of hydrogen-bond acceptors (Lipinski definition) is 6. The van der Waals surface area contributed by atoms with Crippen LogP contribution in [0.4, 0.5) is 17.5 Å². The number of furan rings is 1. The second-order valence-corrected chi connectivity index (χ2v) is 5.89. The lowest BCUT2D eigenvalue weighted by Crippen LogP contribution is -2.05. The Morgan fingerprint density at radius 3 is 2.84 bits per heavy atom. The predicted molar refractivity (Wildman–Crippen MR) is 96.9 cm³/mol. The zero-order chi connectivity index (χ0) is 17.2. The summed E-state index contributed by atoms with van der Waals surface area (Å²) < 4.78 is 5.32. The Balaban J connectivity index is 1.64. The van der Waals surface area contributed by atoms with Gasteiger partial charge in [-0.3, -0.25) is 5.10 Å². The number of benzene rings is 1. The van der Waals surface area contributed by atoms with Gasteiger partial charge in [0.15, 0.2) is 5.65 Å². The molecule has 1 aromatic carbocycles. The van der Waals surface area contributed by atoms with Crippen LogP contribution in [0, 0.1) is 13.8 Å². The van der Waals surface area contributed by atoms with Crippen molar-refractivity contribution in [2.75, 3.05) is 10.6 Å². The molecule has 0 saturated heterocycles. The van der Waals surface area contributed by atoms with Crippen molar-refractivity contribution in [1.29, 1.82) is 0 Å². The number of anilines is 3. The van der Waals surface area contributed by atoms with Gasteiger partial charge >= 0.3 is 0 Å². The smallest absolute Gasteiger partial charge is 0.227 e. The van der Waals surface area contributed by atoms with E-state index in [1.165, 1.54) is 11.1 Å². The van der Waals surface area contributed by atoms with E-state index in [0.29, 0.717) is 24.0 Å². The van der Waals surface area contributed by atoms with Gasteiger partial charge in [0.25, 0.3) is 0 Å². The van der Waals surface area contributed by atoms with Crippen molar-refractivity contribution in [2.24, 2.45) is 0 Å². The molecular weight excluding hydrogens is 316 g/mol. The molecule has 0 radical (unpaired) electrons. The average molecular weight is 334 g/mol. The van der Waals surface area contributed by atoms with Gasteiger partial charge in [-0.15, -0.1) is 0 Å². The van der Waals surface area contributed by atoms with Crippen molar-refractivity contribution < 1.29 is 4.42 Å². The molecule has 0 aliphatic carbocycles. The predicted octanol–water partition coefficient (Wildman–Crippen LogP) is 3.92. The minimum Gasteiger partial charge on any atom is -0.467 e. The summed E-state index contributed by atoms with van der Waals surface area (Å²) in [6.07, 6.45) is 3.36. The molecule has 4 rings (SSSR count). The number of nitrogens with one attached hydrogen (secondary N) is 3. The topological polar surface area (TPSA) is 91.7 Å². The molecule has 0 amide bonds. The van der Waals surface area contributed by atoms with Gasteiger partial charge in [0, 0.05) is 5.69 Å². The van der Waals surface area contributed by atoms with Gasteiger partial charge in [-0.2, -0.15) is 15.1 Å². The second kappa shape index (κ2) is 6.27. The van der Waals surface area contributed by atoms with Crippen molar-refractivity contribution >= 4 is 28.5 Å². The van der Waals surface area contributed by atoms with Crippen LogP contribution in [0.1, 0.15) is 16.9 Å². The van der Waals surface area contributed by atoms with Crippen LogP contribution >= 0.6 is 0 Å². The summed E-state index contributed by atoms with van der Waals surface area (Å²) in [4.78, 5) is 9.03. The van der Waals surface area contributed by atoms with Crippen LogP contribution < -0.4 is 10.6 Å². The number of nitrogens with zero attached hydrogens (tertiary/aromatic N) is 3. The van der Waals surface area contributed by atoms with E-state index in [4.69, 9.17) is 4.42 Å². The molecule has 4 aromatic rings. The summed E-state index contributed by atoms with van der Waals surface area (Å²) in [6.45, 7) is 4.69. The Kier molecular flexibility index (Phi) is 3.81. The maximum atomic E-state index is 5.32. The third kappa shape index (κ3) is 3.16. The normalized spacial score (nSPS) is 11.0. The Hall–Kier alpha value is -3.35. The van der Waals surface area contributed by atoms with Crippen LogP contribution in [-0.4, -0.2) is 20.2 Å². The Bertz CT molecular complexity index is 1010. The van der Waals surface area contributed by atoms with Gasteiger partial charge in [0.1, 0.15) is 11.6 Å². The molecule has 3 heterocycles. The van der Waals surface area contributed by atoms with Crippen LogP contribution in [0.15, 0.2) is 47.2 Å². The highest BCUT2D eigenvalue weighted by Crippen LogP contribution is 2.25. The highest BCUT2D eigenvalue weighted by molar-refractivity contribution is 5.89. The van der Waals surface area contributed by atoms with Crippen molar-refractivity contribution in [2.45, 2.75) is 20.4 Å². The van der Waals surface area contributed by atoms with Crippen LogP contribution in [-0.2, 0) is 6.54 Å². The highest BCUT2D eigenvalue weighted by Gasteiger charge is 2.10. The zero-order valence-corrected chi connectivity index (χ0v) is 14.0. The molecule has 0 atom stereocenters. The van der Waals surface area contributed by atoms with Crippen molar-refractivity contribution in [3.63, 3.8) is 0 Å². The number of hydrogen-bond donors (Lipinski definition) is 3. The van der Waals surface area contributed by atoms with Gasteiger partial charge in [-0.25, -0.2) is 0 Å². The fourth-order valence-corrected chi connectivity index (χ4v) is 2.54. The van der Waals surface area contributed by atoms with E-state index in [2.05, 4.69) is 56.8 Å². The Morgan fingerprint density at radius 1 is 1.12 bits per heavy atom. The molecule has 0 fully saturated rings. The maximum Gasteiger partial charge on any atom is 0.227 e. The molecule has 0 aliphatic rings. The second-order valence-electron chi connectivity index (χ2n) is 5.89. The maximum absolute atomic E-state index is 5.32. The molecule has 0 unspecified atom stereocenters. The molecule has 7 nitrogen and oxygen atoms in total. The molecule has 3 N–H and O–H groups in total. The van der Waals surface area contributed by atoms with E-state index >= 15 is 0 Å². The Morgan fingerprint density at radius 2 is 2.04 bits per heavy atom. The molecule has 7 heteroatoms. The molecular formula is C18H18N6O. The first-order chi connectivity index (χ1) is 12.2. The van der Waals surface area contributed by atoms with E-state index in [1.54, 1.807) is 12.5 Å². The van der Waals surface area contributed by atoms with Crippen molar-refractivity contribution in [3.8, 4) is 0 Å². The quantitative estimate of drug-likeness (QED) is 0.512. The summed E-state index contributed by atoms with van der Waals surface area (Å²) in [5.74, 6) is 2.01. The summed E-state index contributed by atoms with van der Waals surface area (Å²) in [5, 5.41) is 14.3. The number of rotatable bonds is 5. The van der Waals surface area contributed by atoms with Crippen LogP contribution in [0.3, 0.4) is 0 Å². The lowest BCUT2D eigenvalue weighted by atomic mass is 10.1. The van der Waals surface area contributed by atoms with Crippen molar-refractivity contribution in [1.82, 2.24) is 20.2 Å². The van der Waals surface area contributed by atoms with Gasteiger partial charge in [0.05, 0.1) is 24.4 Å². The summed E-state index contributed by atoms with van der Waals surface area (Å²) in [5.41, 5.74) is 4.12. The van der Waals surface area contributed by atoms with Gasteiger partial charge in [0.2, 0.25) is 5.95 Å². The largest absolute Gasteiger partial charge is 0.467 e. The number of aromatic amines is 1. The van der Waals surface area contributed by atoms with Gasteiger partial charge in [-0.1, -0.05) is 6.07 Å². The van der Waals surface area contributed by atoms with Crippen LogP contribution in [0.2, 0.25) is 0 Å². The highest BCUT2D eigenvalue weighted by atomic mass is 16.3. The van der Waals surface area contributed by atoms with Gasteiger partial charge in [-0.05, 0) is 49.2 Å². The third-order valence-corrected chi connectivity index (χ3v) is 4.08. The fourth-order valence-electron chi connectivity index (χ4n) is 2.54. The lowest BCUT2D eigenvalue weighted by molar-refractivity contribution is 0.517. The monoisotopic (exact) mass is 334 g/mol. The fraction of sp³-hybridized carbons (Fsp3) is 0.167. The molecule has 25 heavy (non-hydrogen) atoms. The first-order valence-electron chi connectivity index (χ1n) is 8.01. The first kappa shape index (κ1) is 15.2. The molecule has 3 aromatic heterocycles. The van der Waals surface area contributed by atoms with Crippen LogP contribution in [0.25, 0.3) is 11.0 Å². The van der Waals surface area contributed by atoms with Crippen LogP contribution in [0.5, 0.6) is 0 Å². The molecule has 126 valence electrons. The minimum atomic E-state index is 0.500. The van der Waals surface area contributed by atoms with E-state index in [0.717, 1.165) is 16.8 Å². The van der Waals surface area contributed by atoms with Crippen molar-refractivity contribution in [3.05, 3.63) is 59.7 Å². The summed E-state index contributed by atoms with van der Waals surface area (Å²) >= 11 is 0. The van der Waals surface area contributed by atoms with Gasteiger partial charge < -0.3 is 15.1 Å². The molecule has 0 bridgehead atoms. The minimum absolute atomic E-state index is 0.500. The number of fused-ring (bicyclic) bond motifs is 1. The SMILES string of the molecule is Cc1ccc(Nc2nc(NCc3ccco3)nc3[nH]ncc23)cc1C. The standard InChI is InChI=1S/C18H18N6O/c1-11-5-6-13(8-12(11)2)21-16-15-10-20-24-17(15)23-18(22-16)19-9-14-4-3-7-25-14/h3-8,10H,9H2,1-2H3,(H3,19,20,21,22,23,24). The number of H-pyrrole nitrogens is 1. The Labute approximate surface area is 144 Å². The molecule has 0 spiro atoms. The summed E-state index contributed by atoms with van der Waals surface area (Å²) in [6, 6.07) is 9.96. The van der Waals surface area contributed by atoms with E-state index in [1.807, 2.05) is 18.2 Å². The van der Waals surface area contributed by atoms with E-state index in [-0.39, 0.29) is 0 Å². The lowest BCUT2D eigenvalue weighted by Gasteiger charge is -2.10. The summed E-state index contributed by atoms with van der Waals surface area (Å²) in [7, 11) is 0.